The quantitative estimate of drug-likeness (QED) is 0.704. The fourth-order valence-corrected chi connectivity index (χ4v) is 2.23. The molecular formula is C17H16N6O2. The molecule has 0 atom stereocenters. The number of carbonyl (C=O) groups excluding carboxylic acids is 1. The summed E-state index contributed by atoms with van der Waals surface area (Å²) in [6.07, 6.45) is 1.57. The molecule has 1 heterocycles. The number of anilines is 2. The van der Waals surface area contributed by atoms with Gasteiger partial charge >= 0.3 is 0 Å². The molecule has 0 aliphatic carbocycles. The van der Waals surface area contributed by atoms with Gasteiger partial charge < -0.3 is 16.2 Å². The average Bonchev–Trinajstić information content (AvgIpc) is 2.90. The van der Waals surface area contributed by atoms with E-state index in [-0.39, 0.29) is 41.7 Å². The number of hydrogen-bond donors (Lipinski definition) is 3. The molecule has 0 aliphatic heterocycles. The van der Waals surface area contributed by atoms with E-state index in [2.05, 4.69) is 10.4 Å². The summed E-state index contributed by atoms with van der Waals surface area (Å²) in [6.45, 7) is 1.36. The van der Waals surface area contributed by atoms with Crippen molar-refractivity contribution in [1.29, 1.82) is 10.5 Å². The molecule has 0 aliphatic rings. The van der Waals surface area contributed by atoms with Crippen LogP contribution in [0.3, 0.4) is 0 Å². The van der Waals surface area contributed by atoms with E-state index in [9.17, 15) is 15.3 Å². The van der Waals surface area contributed by atoms with Gasteiger partial charge in [-0.2, -0.15) is 15.6 Å². The number of benzene rings is 1. The number of allylic oxidation sites excluding steroid dienone is 1. The van der Waals surface area contributed by atoms with Crippen molar-refractivity contribution in [3.8, 4) is 12.1 Å². The van der Waals surface area contributed by atoms with Crippen LogP contribution in [0.25, 0.3) is 11.6 Å². The summed E-state index contributed by atoms with van der Waals surface area (Å²) >= 11 is 0. The normalized spacial score (nSPS) is 10.8. The molecule has 126 valence electrons. The van der Waals surface area contributed by atoms with Gasteiger partial charge in [0.15, 0.2) is 0 Å². The fourth-order valence-electron chi connectivity index (χ4n) is 2.23. The highest BCUT2D eigenvalue weighted by atomic mass is 16.3. The molecule has 2 rings (SSSR count). The summed E-state index contributed by atoms with van der Waals surface area (Å²) < 4.78 is 1.29. The van der Waals surface area contributed by atoms with E-state index < -0.39 is 0 Å². The van der Waals surface area contributed by atoms with Crippen molar-refractivity contribution in [2.45, 2.75) is 13.5 Å². The van der Waals surface area contributed by atoms with Crippen molar-refractivity contribution < 1.29 is 9.90 Å². The first kappa shape index (κ1) is 17.7. The Labute approximate surface area is 144 Å². The van der Waals surface area contributed by atoms with Crippen LogP contribution in [0.15, 0.2) is 24.3 Å². The van der Waals surface area contributed by atoms with Crippen LogP contribution >= 0.6 is 0 Å². The molecule has 4 N–H and O–H groups in total. The summed E-state index contributed by atoms with van der Waals surface area (Å²) in [5.41, 5.74) is 7.61. The van der Waals surface area contributed by atoms with Gasteiger partial charge in [0, 0.05) is 12.6 Å². The summed E-state index contributed by atoms with van der Waals surface area (Å²) in [4.78, 5) is 11.0. The standard InChI is InChI=1S/C17H16N6O2/c1-11(25)21-14-4-2-12(3-5-14)8-13(9-18)16-15(10-19)17(20)23(22-16)6-7-24/h2-5,8,24H,6-7,20H2,1H3,(H,21,25). The molecule has 2 aromatic rings. The fraction of sp³-hybridized carbons (Fsp3) is 0.176. The Hall–Kier alpha value is -3.62. The number of nitrogens with one attached hydrogen (secondary N) is 1. The Bertz CT molecular complexity index is 897. The SMILES string of the molecule is CC(=O)Nc1ccc(C=C(C#N)c2nn(CCO)c(N)c2C#N)cc1. The zero-order chi connectivity index (χ0) is 18.4. The number of nitriles is 2. The van der Waals surface area contributed by atoms with Crippen LogP contribution in [-0.4, -0.2) is 27.4 Å². The van der Waals surface area contributed by atoms with E-state index in [1.807, 2.05) is 12.1 Å². The number of nitrogens with zero attached hydrogens (tertiary/aromatic N) is 4. The highest BCUT2D eigenvalue weighted by Gasteiger charge is 2.18. The van der Waals surface area contributed by atoms with Gasteiger partial charge in [-0.15, -0.1) is 0 Å². The predicted octanol–water partition coefficient (Wildman–Crippen LogP) is 1.35. The van der Waals surface area contributed by atoms with Crippen LogP contribution in [0.4, 0.5) is 11.5 Å². The smallest absolute Gasteiger partial charge is 0.221 e. The van der Waals surface area contributed by atoms with E-state index in [0.29, 0.717) is 11.3 Å². The van der Waals surface area contributed by atoms with Gasteiger partial charge in [0.1, 0.15) is 29.2 Å². The third-order valence-electron chi connectivity index (χ3n) is 3.33. The van der Waals surface area contributed by atoms with E-state index >= 15 is 0 Å². The summed E-state index contributed by atoms with van der Waals surface area (Å²) in [7, 11) is 0. The molecular weight excluding hydrogens is 320 g/mol. The Balaban J connectivity index is 2.41. The number of aromatic nitrogens is 2. The minimum atomic E-state index is -0.188. The molecule has 25 heavy (non-hydrogen) atoms. The molecule has 0 unspecified atom stereocenters. The number of aliphatic hydroxyl groups excluding tert-OH is 1. The molecule has 8 heteroatoms. The lowest BCUT2D eigenvalue weighted by Gasteiger charge is -2.02. The molecule has 8 nitrogen and oxygen atoms in total. The molecule has 0 spiro atoms. The van der Waals surface area contributed by atoms with E-state index in [1.54, 1.807) is 30.3 Å². The number of hydrogen-bond acceptors (Lipinski definition) is 6. The summed E-state index contributed by atoms with van der Waals surface area (Å²) in [6, 6.07) is 10.8. The van der Waals surface area contributed by atoms with Crippen molar-refractivity contribution in [2.24, 2.45) is 0 Å². The third-order valence-corrected chi connectivity index (χ3v) is 3.33. The topological polar surface area (TPSA) is 141 Å². The molecule has 0 saturated heterocycles. The van der Waals surface area contributed by atoms with Crippen LogP contribution in [0, 0.1) is 22.7 Å². The average molecular weight is 336 g/mol. The summed E-state index contributed by atoms with van der Waals surface area (Å²) in [5, 5.41) is 34.6. The second-order valence-electron chi connectivity index (χ2n) is 5.14. The van der Waals surface area contributed by atoms with Gasteiger partial charge in [-0.05, 0) is 23.8 Å². The van der Waals surface area contributed by atoms with Crippen molar-refractivity contribution in [1.82, 2.24) is 9.78 Å². The number of aliphatic hydroxyl groups is 1. The second kappa shape index (κ2) is 7.77. The van der Waals surface area contributed by atoms with E-state index in [0.717, 1.165) is 0 Å². The Morgan fingerprint density at radius 2 is 2.08 bits per heavy atom. The van der Waals surface area contributed by atoms with Crippen molar-refractivity contribution in [2.75, 3.05) is 17.7 Å². The van der Waals surface area contributed by atoms with Crippen LogP contribution in [0.5, 0.6) is 0 Å². The van der Waals surface area contributed by atoms with Gasteiger partial charge in [0.2, 0.25) is 5.91 Å². The highest BCUT2D eigenvalue weighted by molar-refractivity contribution is 5.92. The largest absolute Gasteiger partial charge is 0.394 e. The van der Waals surface area contributed by atoms with Crippen LogP contribution in [0.1, 0.15) is 23.7 Å². The number of nitrogen functional groups attached to an aromatic ring is 1. The molecule has 1 aromatic carbocycles. The minimum Gasteiger partial charge on any atom is -0.394 e. The monoisotopic (exact) mass is 336 g/mol. The molecule has 0 bridgehead atoms. The first-order chi connectivity index (χ1) is 12.0. The first-order valence-corrected chi connectivity index (χ1v) is 7.37. The maximum absolute atomic E-state index is 11.0. The Morgan fingerprint density at radius 3 is 2.60 bits per heavy atom. The van der Waals surface area contributed by atoms with Crippen molar-refractivity contribution in [3.05, 3.63) is 41.1 Å². The molecule has 1 amide bonds. The van der Waals surface area contributed by atoms with Gasteiger partial charge in [-0.25, -0.2) is 4.68 Å². The zero-order valence-electron chi connectivity index (χ0n) is 13.5. The lowest BCUT2D eigenvalue weighted by atomic mass is 10.1. The van der Waals surface area contributed by atoms with Crippen LogP contribution < -0.4 is 11.1 Å². The maximum Gasteiger partial charge on any atom is 0.221 e. The third kappa shape index (κ3) is 4.02. The number of nitrogens with two attached hydrogens (primary N) is 1. The minimum absolute atomic E-state index is 0.0936. The second-order valence-corrected chi connectivity index (χ2v) is 5.14. The van der Waals surface area contributed by atoms with Crippen molar-refractivity contribution >= 4 is 29.1 Å². The maximum atomic E-state index is 11.0. The number of rotatable bonds is 5. The molecule has 1 aromatic heterocycles. The van der Waals surface area contributed by atoms with Crippen LogP contribution in [0.2, 0.25) is 0 Å². The molecule has 0 fully saturated rings. The van der Waals surface area contributed by atoms with Gasteiger partial charge in [0.05, 0.1) is 18.7 Å². The van der Waals surface area contributed by atoms with Crippen molar-refractivity contribution in [3.63, 3.8) is 0 Å². The molecule has 0 radical (unpaired) electrons. The molecule has 0 saturated carbocycles. The van der Waals surface area contributed by atoms with Crippen LogP contribution in [-0.2, 0) is 11.3 Å². The lowest BCUT2D eigenvalue weighted by Crippen LogP contribution is -2.07. The van der Waals surface area contributed by atoms with Gasteiger partial charge in [-0.1, -0.05) is 12.1 Å². The number of carbonyl (C=O) groups is 1. The van der Waals surface area contributed by atoms with Gasteiger partial charge in [0.25, 0.3) is 0 Å². The Morgan fingerprint density at radius 1 is 1.40 bits per heavy atom. The van der Waals surface area contributed by atoms with E-state index in [1.165, 1.54) is 11.6 Å². The Kier molecular flexibility index (Phi) is 5.51. The zero-order valence-corrected chi connectivity index (χ0v) is 13.5. The first-order valence-electron chi connectivity index (χ1n) is 7.37. The lowest BCUT2D eigenvalue weighted by molar-refractivity contribution is -0.114. The highest BCUT2D eigenvalue weighted by Crippen LogP contribution is 2.25. The summed E-state index contributed by atoms with van der Waals surface area (Å²) in [5.74, 6) is -0.0710. The number of amides is 1. The van der Waals surface area contributed by atoms with Gasteiger partial charge in [-0.3, -0.25) is 4.79 Å². The van der Waals surface area contributed by atoms with E-state index in [4.69, 9.17) is 10.8 Å². The predicted molar refractivity (Wildman–Crippen MR) is 92.7 cm³/mol.